The predicted molar refractivity (Wildman–Crippen MR) is 83.8 cm³/mol. The number of aryl methyl sites for hydroxylation is 1. The largest absolute Gasteiger partial charge is 0.398 e. The second-order valence-electron chi connectivity index (χ2n) is 5.62. The maximum atomic E-state index is 12.7. The summed E-state index contributed by atoms with van der Waals surface area (Å²) < 4.78 is 26.8. The molecule has 0 amide bonds. The molecular weight excluding hydrogens is 312 g/mol. The third-order valence-electron chi connectivity index (χ3n) is 4.12. The van der Waals surface area contributed by atoms with E-state index in [1.165, 1.54) is 10.4 Å². The molecule has 0 aromatic heterocycles. The van der Waals surface area contributed by atoms with Gasteiger partial charge in [-0.05, 0) is 50.3 Å². The summed E-state index contributed by atoms with van der Waals surface area (Å²) in [5.41, 5.74) is 6.97. The van der Waals surface area contributed by atoms with Crippen molar-refractivity contribution in [3.8, 4) is 0 Å². The highest BCUT2D eigenvalue weighted by molar-refractivity contribution is 7.89. The van der Waals surface area contributed by atoms with Gasteiger partial charge in [0, 0.05) is 18.8 Å². The summed E-state index contributed by atoms with van der Waals surface area (Å²) in [4.78, 5) is 0.0581. The average Bonchev–Trinajstić information content (AvgIpc) is 2.42. The van der Waals surface area contributed by atoms with Crippen molar-refractivity contribution in [2.75, 3.05) is 18.8 Å². The molecule has 1 unspecified atom stereocenters. The van der Waals surface area contributed by atoms with Crippen molar-refractivity contribution in [1.82, 2.24) is 4.31 Å². The van der Waals surface area contributed by atoms with Gasteiger partial charge in [0.25, 0.3) is 0 Å². The monoisotopic (exact) mass is 332 g/mol. The molecule has 0 radical (unpaired) electrons. The van der Waals surface area contributed by atoms with E-state index in [1.54, 1.807) is 19.9 Å². The van der Waals surface area contributed by atoms with Gasteiger partial charge in [-0.3, -0.25) is 0 Å². The van der Waals surface area contributed by atoms with Gasteiger partial charge in [0.15, 0.2) is 0 Å². The Balaban J connectivity index is 2.26. The zero-order valence-corrected chi connectivity index (χ0v) is 13.8. The van der Waals surface area contributed by atoms with E-state index in [1.807, 2.05) is 0 Å². The quantitative estimate of drug-likeness (QED) is 0.829. The molecule has 1 heterocycles. The fraction of sp³-hybridized carbons (Fsp3) is 0.571. The molecule has 0 bridgehead atoms. The third-order valence-corrected chi connectivity index (χ3v) is 6.48. The molecule has 3 N–H and O–H groups in total. The lowest BCUT2D eigenvalue weighted by Crippen LogP contribution is -2.40. The Morgan fingerprint density at radius 2 is 1.95 bits per heavy atom. The van der Waals surface area contributed by atoms with Gasteiger partial charge in [0.05, 0.1) is 11.1 Å². The number of halogens is 1. The Hall–Kier alpha value is -0.820. The predicted octanol–water partition coefficient (Wildman–Crippen LogP) is 2.01. The number of nitrogen functional groups attached to an aromatic ring is 1. The molecular formula is C14H21ClN2O3S. The number of benzene rings is 1. The minimum absolute atomic E-state index is 0.0581. The fourth-order valence-electron chi connectivity index (χ4n) is 2.60. The van der Waals surface area contributed by atoms with E-state index in [-0.39, 0.29) is 15.8 Å². The molecule has 7 heteroatoms. The Morgan fingerprint density at radius 1 is 1.38 bits per heavy atom. The van der Waals surface area contributed by atoms with Crippen molar-refractivity contribution >= 4 is 27.3 Å². The second-order valence-corrected chi connectivity index (χ2v) is 7.93. The van der Waals surface area contributed by atoms with Crippen LogP contribution in [0, 0.1) is 12.8 Å². The first kappa shape index (κ1) is 16.5. The SMILES string of the molecule is Cc1cc(Cl)c(S(=O)(=O)N2CCC(C(C)O)CC2)cc1N. The lowest BCUT2D eigenvalue weighted by atomic mass is 9.93. The smallest absolute Gasteiger partial charge is 0.244 e. The van der Waals surface area contributed by atoms with Gasteiger partial charge in [-0.1, -0.05) is 11.6 Å². The van der Waals surface area contributed by atoms with Crippen LogP contribution in [0.1, 0.15) is 25.3 Å². The molecule has 0 saturated carbocycles. The lowest BCUT2D eigenvalue weighted by molar-refractivity contribution is 0.0912. The summed E-state index contributed by atoms with van der Waals surface area (Å²) in [5.74, 6) is 0.148. The Bertz CT molecular complexity index is 623. The molecule has 0 spiro atoms. The molecule has 1 fully saturated rings. The van der Waals surface area contributed by atoms with Gasteiger partial charge in [-0.15, -0.1) is 0 Å². The van der Waals surface area contributed by atoms with Crippen molar-refractivity contribution < 1.29 is 13.5 Å². The lowest BCUT2D eigenvalue weighted by Gasteiger charge is -2.32. The second kappa shape index (κ2) is 6.12. The summed E-state index contributed by atoms with van der Waals surface area (Å²) >= 11 is 6.08. The summed E-state index contributed by atoms with van der Waals surface area (Å²) in [6, 6.07) is 3.00. The number of rotatable bonds is 3. The first-order chi connectivity index (χ1) is 9.73. The van der Waals surface area contributed by atoms with Gasteiger partial charge in [-0.2, -0.15) is 4.31 Å². The highest BCUT2D eigenvalue weighted by Crippen LogP contribution is 2.31. The number of hydrogen-bond donors (Lipinski definition) is 2. The zero-order chi connectivity index (χ0) is 15.8. The Labute approximate surface area is 130 Å². The molecule has 5 nitrogen and oxygen atoms in total. The number of nitrogens with zero attached hydrogens (tertiary/aromatic N) is 1. The van der Waals surface area contributed by atoms with Gasteiger partial charge in [0.1, 0.15) is 4.90 Å². The van der Waals surface area contributed by atoms with Crippen LogP contribution in [0.5, 0.6) is 0 Å². The molecule has 0 aliphatic carbocycles. The zero-order valence-electron chi connectivity index (χ0n) is 12.2. The van der Waals surface area contributed by atoms with Crippen LogP contribution in [0.25, 0.3) is 0 Å². The van der Waals surface area contributed by atoms with Crippen LogP contribution in [0.2, 0.25) is 5.02 Å². The molecule has 2 rings (SSSR count). The van der Waals surface area contributed by atoms with Crippen LogP contribution in [0.4, 0.5) is 5.69 Å². The van der Waals surface area contributed by atoms with Gasteiger partial charge >= 0.3 is 0 Å². The number of aliphatic hydroxyl groups is 1. The summed E-state index contributed by atoms with van der Waals surface area (Å²) in [6.07, 6.45) is 0.889. The number of piperidine rings is 1. The Kier molecular flexibility index (Phi) is 4.82. The number of sulfonamides is 1. The van der Waals surface area contributed by atoms with E-state index in [0.29, 0.717) is 31.6 Å². The molecule has 1 aliphatic rings. The minimum Gasteiger partial charge on any atom is -0.398 e. The molecule has 1 aliphatic heterocycles. The van der Waals surface area contributed by atoms with E-state index in [4.69, 9.17) is 17.3 Å². The molecule has 1 atom stereocenters. The van der Waals surface area contributed by atoms with Crippen molar-refractivity contribution in [3.05, 3.63) is 22.7 Å². The van der Waals surface area contributed by atoms with E-state index in [2.05, 4.69) is 0 Å². The summed E-state index contributed by atoms with van der Waals surface area (Å²) in [6.45, 7) is 4.31. The van der Waals surface area contributed by atoms with Gasteiger partial charge < -0.3 is 10.8 Å². The Morgan fingerprint density at radius 3 is 2.48 bits per heavy atom. The minimum atomic E-state index is -3.64. The van der Waals surface area contributed by atoms with Crippen LogP contribution < -0.4 is 5.73 Å². The highest BCUT2D eigenvalue weighted by Gasteiger charge is 2.32. The average molecular weight is 333 g/mol. The van der Waals surface area contributed by atoms with E-state index >= 15 is 0 Å². The normalized spacial score (nSPS) is 19.6. The van der Waals surface area contributed by atoms with Crippen LogP contribution in [-0.2, 0) is 10.0 Å². The van der Waals surface area contributed by atoms with Gasteiger partial charge in [-0.25, -0.2) is 8.42 Å². The number of hydrogen-bond acceptors (Lipinski definition) is 4. The van der Waals surface area contributed by atoms with Crippen LogP contribution in [0.3, 0.4) is 0 Å². The first-order valence-corrected chi connectivity index (χ1v) is 8.79. The van der Waals surface area contributed by atoms with Crippen molar-refractivity contribution in [2.45, 2.75) is 37.7 Å². The number of aliphatic hydroxyl groups excluding tert-OH is 1. The maximum absolute atomic E-state index is 12.7. The highest BCUT2D eigenvalue weighted by atomic mass is 35.5. The summed E-state index contributed by atoms with van der Waals surface area (Å²) in [7, 11) is -3.64. The third kappa shape index (κ3) is 3.34. The van der Waals surface area contributed by atoms with E-state index in [9.17, 15) is 13.5 Å². The van der Waals surface area contributed by atoms with E-state index in [0.717, 1.165) is 5.56 Å². The first-order valence-electron chi connectivity index (χ1n) is 6.97. The number of nitrogens with two attached hydrogens (primary N) is 1. The van der Waals surface area contributed by atoms with Crippen molar-refractivity contribution in [1.29, 1.82) is 0 Å². The molecule has 118 valence electrons. The van der Waals surface area contributed by atoms with Crippen molar-refractivity contribution in [3.63, 3.8) is 0 Å². The standard InChI is InChI=1S/C14H21ClN2O3S/c1-9-7-12(15)14(8-13(9)16)21(19,20)17-5-3-11(4-6-17)10(2)18/h7-8,10-11,18H,3-6,16H2,1-2H3. The van der Waals surface area contributed by atoms with Gasteiger partial charge in [0.2, 0.25) is 10.0 Å². The van der Waals surface area contributed by atoms with E-state index < -0.39 is 16.1 Å². The molecule has 21 heavy (non-hydrogen) atoms. The molecule has 1 saturated heterocycles. The topological polar surface area (TPSA) is 83.6 Å². The molecule has 1 aromatic carbocycles. The van der Waals surface area contributed by atoms with Crippen LogP contribution in [0.15, 0.2) is 17.0 Å². The van der Waals surface area contributed by atoms with Crippen molar-refractivity contribution in [2.24, 2.45) is 5.92 Å². The van der Waals surface area contributed by atoms with Crippen LogP contribution in [-0.4, -0.2) is 37.0 Å². The maximum Gasteiger partial charge on any atom is 0.244 e. The number of anilines is 1. The summed E-state index contributed by atoms with van der Waals surface area (Å²) in [5, 5.41) is 9.78. The van der Waals surface area contributed by atoms with Crippen LogP contribution >= 0.6 is 11.6 Å². The fourth-order valence-corrected chi connectivity index (χ4v) is 4.67. The molecule has 1 aromatic rings.